The zero-order valence-corrected chi connectivity index (χ0v) is 13.8. The highest BCUT2D eigenvalue weighted by Crippen LogP contribution is 2.33. The highest BCUT2D eigenvalue weighted by atomic mass is 32.2. The summed E-state index contributed by atoms with van der Waals surface area (Å²) in [5.74, 6) is 0.413. The van der Waals surface area contributed by atoms with Crippen LogP contribution in [0.1, 0.15) is 5.56 Å². The molecule has 0 atom stereocenters. The quantitative estimate of drug-likeness (QED) is 0.535. The van der Waals surface area contributed by atoms with E-state index in [1.165, 1.54) is 31.4 Å². The molecule has 8 heteroatoms. The van der Waals surface area contributed by atoms with Gasteiger partial charge in [-0.15, -0.1) is 0 Å². The predicted molar refractivity (Wildman–Crippen MR) is 88.9 cm³/mol. The van der Waals surface area contributed by atoms with Crippen molar-refractivity contribution in [1.82, 2.24) is 3.97 Å². The molecule has 3 aromatic rings. The molecule has 0 aliphatic heterocycles. The summed E-state index contributed by atoms with van der Waals surface area (Å²) in [4.78, 5) is 10.7. The first-order chi connectivity index (χ1) is 11.3. The molecule has 124 valence electrons. The van der Waals surface area contributed by atoms with Crippen molar-refractivity contribution in [2.24, 2.45) is 0 Å². The SMILES string of the molecule is COc1ccc2c(c1)c([N+](=O)[O-])cn2S(=O)(=O)c1ccc(C)cc1. The van der Waals surface area contributed by atoms with Crippen molar-refractivity contribution in [3.63, 3.8) is 0 Å². The van der Waals surface area contributed by atoms with Crippen LogP contribution < -0.4 is 4.74 Å². The maximum absolute atomic E-state index is 12.9. The lowest BCUT2D eigenvalue weighted by Gasteiger charge is -2.07. The van der Waals surface area contributed by atoms with Crippen molar-refractivity contribution in [2.75, 3.05) is 7.11 Å². The molecular formula is C16H14N2O5S. The second-order valence-corrected chi connectivity index (χ2v) is 7.08. The maximum Gasteiger partial charge on any atom is 0.296 e. The Bertz CT molecular complexity index is 1040. The maximum atomic E-state index is 12.9. The smallest absolute Gasteiger partial charge is 0.296 e. The van der Waals surface area contributed by atoms with Crippen molar-refractivity contribution in [1.29, 1.82) is 0 Å². The number of nitro groups is 1. The number of benzene rings is 2. The third-order valence-electron chi connectivity index (χ3n) is 3.73. The van der Waals surface area contributed by atoms with Crippen molar-refractivity contribution in [3.05, 3.63) is 64.3 Å². The largest absolute Gasteiger partial charge is 0.497 e. The zero-order chi connectivity index (χ0) is 17.5. The van der Waals surface area contributed by atoms with Crippen molar-refractivity contribution in [2.45, 2.75) is 11.8 Å². The van der Waals surface area contributed by atoms with Gasteiger partial charge in [-0.3, -0.25) is 10.1 Å². The van der Waals surface area contributed by atoms with E-state index in [-0.39, 0.29) is 21.5 Å². The van der Waals surface area contributed by atoms with Crippen LogP contribution in [0, 0.1) is 17.0 Å². The Morgan fingerprint density at radius 2 is 1.79 bits per heavy atom. The molecule has 0 aliphatic rings. The molecule has 0 amide bonds. The molecule has 24 heavy (non-hydrogen) atoms. The minimum absolute atomic E-state index is 0.0655. The van der Waals surface area contributed by atoms with Crippen LogP contribution in [0.4, 0.5) is 5.69 Å². The van der Waals surface area contributed by atoms with E-state index in [0.29, 0.717) is 5.75 Å². The molecule has 1 heterocycles. The molecule has 0 bridgehead atoms. The fourth-order valence-electron chi connectivity index (χ4n) is 2.46. The second-order valence-electron chi connectivity index (χ2n) is 5.27. The number of aryl methyl sites for hydroxylation is 1. The van der Waals surface area contributed by atoms with Gasteiger partial charge in [0.05, 0.1) is 34.0 Å². The van der Waals surface area contributed by atoms with E-state index in [0.717, 1.165) is 15.7 Å². The van der Waals surface area contributed by atoms with Crippen LogP contribution in [0.3, 0.4) is 0 Å². The minimum Gasteiger partial charge on any atom is -0.497 e. The first kappa shape index (κ1) is 16.0. The summed E-state index contributed by atoms with van der Waals surface area (Å²) in [5.41, 5.74) is 0.852. The molecule has 0 radical (unpaired) electrons. The monoisotopic (exact) mass is 346 g/mol. The molecule has 1 aromatic heterocycles. The number of hydrogen-bond acceptors (Lipinski definition) is 5. The standard InChI is InChI=1S/C16H14N2O5S/c1-11-3-6-13(7-4-11)24(21,22)17-10-16(18(19)20)14-9-12(23-2)5-8-15(14)17/h3-10H,1-2H3. The lowest BCUT2D eigenvalue weighted by Crippen LogP contribution is -2.11. The van der Waals surface area contributed by atoms with Crippen LogP contribution >= 0.6 is 0 Å². The third-order valence-corrected chi connectivity index (χ3v) is 5.42. The summed E-state index contributed by atoms with van der Waals surface area (Å²) in [7, 11) is -2.51. The van der Waals surface area contributed by atoms with E-state index in [4.69, 9.17) is 4.74 Å². The number of ether oxygens (including phenoxy) is 1. The lowest BCUT2D eigenvalue weighted by atomic mass is 10.2. The van der Waals surface area contributed by atoms with E-state index >= 15 is 0 Å². The van der Waals surface area contributed by atoms with Gasteiger partial charge < -0.3 is 4.74 Å². The van der Waals surface area contributed by atoms with E-state index in [1.807, 2.05) is 6.92 Å². The van der Waals surface area contributed by atoms with E-state index in [2.05, 4.69) is 0 Å². The molecule has 3 rings (SSSR count). The van der Waals surface area contributed by atoms with Crippen LogP contribution in [-0.4, -0.2) is 24.4 Å². The van der Waals surface area contributed by atoms with Gasteiger partial charge >= 0.3 is 0 Å². The molecule has 0 spiro atoms. The molecule has 0 saturated heterocycles. The van der Waals surface area contributed by atoms with Gasteiger partial charge in [-0.25, -0.2) is 12.4 Å². The van der Waals surface area contributed by atoms with Crippen LogP contribution in [0.5, 0.6) is 5.75 Å². The molecule has 2 aromatic carbocycles. The molecule has 0 N–H and O–H groups in total. The van der Waals surface area contributed by atoms with Gasteiger partial charge in [0.15, 0.2) is 0 Å². The van der Waals surface area contributed by atoms with Crippen molar-refractivity contribution < 1.29 is 18.1 Å². The normalized spacial score (nSPS) is 11.6. The molecular weight excluding hydrogens is 332 g/mol. The van der Waals surface area contributed by atoms with Gasteiger partial charge in [-0.2, -0.15) is 0 Å². The van der Waals surface area contributed by atoms with Crippen LogP contribution in [0.25, 0.3) is 10.9 Å². The average molecular weight is 346 g/mol. The Balaban J connectivity index is 2.30. The van der Waals surface area contributed by atoms with E-state index < -0.39 is 14.9 Å². The fraction of sp³-hybridized carbons (Fsp3) is 0.125. The molecule has 0 aliphatic carbocycles. The molecule has 7 nitrogen and oxygen atoms in total. The Morgan fingerprint density at radius 1 is 1.12 bits per heavy atom. The van der Waals surface area contributed by atoms with Crippen molar-refractivity contribution in [3.8, 4) is 5.75 Å². The van der Waals surface area contributed by atoms with Gasteiger partial charge in [0.2, 0.25) is 0 Å². The predicted octanol–water partition coefficient (Wildman–Crippen LogP) is 3.10. The number of nitrogens with zero attached hydrogens (tertiary/aromatic N) is 2. The van der Waals surface area contributed by atoms with Crippen LogP contribution in [-0.2, 0) is 10.0 Å². The van der Waals surface area contributed by atoms with E-state index in [9.17, 15) is 18.5 Å². The summed E-state index contributed by atoms with van der Waals surface area (Å²) in [6, 6.07) is 10.8. The van der Waals surface area contributed by atoms with Gasteiger partial charge in [0.1, 0.15) is 5.75 Å². The van der Waals surface area contributed by atoms with Crippen LogP contribution in [0.2, 0.25) is 0 Å². The van der Waals surface area contributed by atoms with Gasteiger partial charge in [0.25, 0.3) is 15.7 Å². The van der Waals surface area contributed by atoms with Crippen molar-refractivity contribution >= 4 is 26.6 Å². The van der Waals surface area contributed by atoms with Gasteiger partial charge in [0, 0.05) is 0 Å². The topological polar surface area (TPSA) is 91.4 Å². The first-order valence-corrected chi connectivity index (χ1v) is 8.44. The summed E-state index contributed by atoms with van der Waals surface area (Å²) in [6.07, 6.45) is 1.03. The molecule has 0 saturated carbocycles. The minimum atomic E-state index is -3.94. The zero-order valence-electron chi connectivity index (χ0n) is 13.0. The highest BCUT2D eigenvalue weighted by Gasteiger charge is 2.26. The van der Waals surface area contributed by atoms with Crippen LogP contribution in [0.15, 0.2) is 53.6 Å². The van der Waals surface area contributed by atoms with Gasteiger partial charge in [-0.1, -0.05) is 17.7 Å². The summed E-state index contributed by atoms with van der Waals surface area (Å²) < 4.78 is 31.7. The molecule has 0 unspecified atom stereocenters. The number of rotatable bonds is 4. The third kappa shape index (κ3) is 2.50. The van der Waals surface area contributed by atoms with Gasteiger partial charge in [-0.05, 0) is 37.3 Å². The summed E-state index contributed by atoms with van der Waals surface area (Å²) in [5, 5.41) is 11.5. The Kier molecular flexibility index (Phi) is 3.76. The number of fused-ring (bicyclic) bond motifs is 1. The fourth-order valence-corrected chi connectivity index (χ4v) is 3.82. The highest BCUT2D eigenvalue weighted by molar-refractivity contribution is 7.90. The Hall–Kier alpha value is -2.87. The second kappa shape index (κ2) is 5.64. The van der Waals surface area contributed by atoms with E-state index in [1.54, 1.807) is 18.2 Å². The summed E-state index contributed by atoms with van der Waals surface area (Å²) in [6.45, 7) is 1.85. The number of hydrogen-bond donors (Lipinski definition) is 0. The Labute approximate surface area is 138 Å². The summed E-state index contributed by atoms with van der Waals surface area (Å²) >= 11 is 0. The average Bonchev–Trinajstić information content (AvgIpc) is 2.94. The number of aromatic nitrogens is 1. The lowest BCUT2D eigenvalue weighted by molar-refractivity contribution is -0.383. The molecule has 0 fully saturated rings. The Morgan fingerprint density at radius 3 is 2.38 bits per heavy atom. The number of methoxy groups -OCH3 is 1. The first-order valence-electron chi connectivity index (χ1n) is 7.00.